The summed E-state index contributed by atoms with van der Waals surface area (Å²) in [7, 11) is 0. The first-order valence-corrected chi connectivity index (χ1v) is 13.7. The van der Waals surface area contributed by atoms with Gasteiger partial charge in [-0.3, -0.25) is 14.4 Å². The van der Waals surface area contributed by atoms with E-state index in [1.54, 1.807) is 12.1 Å². The second-order valence-corrected chi connectivity index (χ2v) is 11.0. The number of amides is 3. The second kappa shape index (κ2) is 10.5. The van der Waals surface area contributed by atoms with Crippen LogP contribution in [0.3, 0.4) is 0 Å². The molecule has 3 heterocycles. The highest BCUT2D eigenvalue weighted by atomic mass is 16.5. The Kier molecular flexibility index (Phi) is 7.29. The van der Waals surface area contributed by atoms with Crippen molar-refractivity contribution in [3.63, 3.8) is 0 Å². The van der Waals surface area contributed by atoms with Crippen molar-refractivity contribution >= 4 is 23.4 Å². The Morgan fingerprint density at radius 2 is 1.76 bits per heavy atom. The summed E-state index contributed by atoms with van der Waals surface area (Å²) >= 11 is 0. The zero-order valence-electron chi connectivity index (χ0n) is 22.1. The van der Waals surface area contributed by atoms with E-state index in [-0.39, 0.29) is 24.3 Å². The Balaban J connectivity index is 1.52. The molecule has 38 heavy (non-hydrogen) atoms. The van der Waals surface area contributed by atoms with Crippen LogP contribution < -0.4 is 10.6 Å². The molecule has 8 nitrogen and oxygen atoms in total. The molecule has 6 atom stereocenters. The molecule has 2 aromatic rings. The van der Waals surface area contributed by atoms with Crippen LogP contribution in [0.4, 0.5) is 5.69 Å². The van der Waals surface area contributed by atoms with Gasteiger partial charge in [0.1, 0.15) is 11.6 Å². The lowest BCUT2D eigenvalue weighted by atomic mass is 9.66. The SMILES string of the molecule is CCCCNC(=O)C1N([C@@H](CO)Cc2ccccc2)C(=O)[C@@H]2[C@@H](C(=O)Nc3ccccc3)[C@@]3(C)CCC12O3. The van der Waals surface area contributed by atoms with E-state index in [4.69, 9.17) is 4.74 Å². The number of likely N-dealkylation sites (tertiary alicyclic amines) is 1. The van der Waals surface area contributed by atoms with Crippen LogP contribution in [-0.2, 0) is 25.5 Å². The maximum absolute atomic E-state index is 14.3. The molecule has 0 radical (unpaired) electrons. The van der Waals surface area contributed by atoms with Gasteiger partial charge < -0.3 is 25.4 Å². The monoisotopic (exact) mass is 519 g/mol. The molecule has 0 aromatic heterocycles. The van der Waals surface area contributed by atoms with E-state index in [9.17, 15) is 19.5 Å². The quantitative estimate of drug-likeness (QED) is 0.419. The van der Waals surface area contributed by atoms with E-state index in [0.29, 0.717) is 31.5 Å². The maximum Gasteiger partial charge on any atom is 0.245 e. The molecule has 3 aliphatic heterocycles. The second-order valence-electron chi connectivity index (χ2n) is 11.0. The van der Waals surface area contributed by atoms with E-state index in [1.165, 1.54) is 4.90 Å². The minimum atomic E-state index is -1.12. The van der Waals surface area contributed by atoms with Crippen LogP contribution >= 0.6 is 0 Å². The molecule has 1 spiro atoms. The highest BCUT2D eigenvalue weighted by molar-refractivity contribution is 6.02. The number of nitrogens with one attached hydrogen (secondary N) is 2. The molecular formula is C30H37N3O5. The first-order valence-electron chi connectivity index (χ1n) is 13.7. The molecule has 3 saturated heterocycles. The van der Waals surface area contributed by atoms with Crippen molar-refractivity contribution in [1.82, 2.24) is 10.2 Å². The number of nitrogens with zero attached hydrogens (tertiary/aromatic N) is 1. The fourth-order valence-corrected chi connectivity index (χ4v) is 6.82. The predicted octanol–water partition coefficient (Wildman–Crippen LogP) is 2.91. The third kappa shape index (κ3) is 4.39. The summed E-state index contributed by atoms with van der Waals surface area (Å²) in [5.41, 5.74) is -0.382. The van der Waals surface area contributed by atoms with Gasteiger partial charge in [-0.1, -0.05) is 61.9 Å². The summed E-state index contributed by atoms with van der Waals surface area (Å²) in [5.74, 6) is -2.43. The number of para-hydroxylation sites is 1. The first-order chi connectivity index (χ1) is 18.3. The number of anilines is 1. The number of ether oxygens (including phenoxy) is 1. The largest absolute Gasteiger partial charge is 0.394 e. The maximum atomic E-state index is 14.3. The molecule has 3 amide bonds. The van der Waals surface area contributed by atoms with Crippen LogP contribution in [0.15, 0.2) is 60.7 Å². The zero-order chi connectivity index (χ0) is 26.9. The first kappa shape index (κ1) is 26.4. The van der Waals surface area contributed by atoms with Crippen molar-refractivity contribution in [3.8, 4) is 0 Å². The predicted molar refractivity (Wildman–Crippen MR) is 143 cm³/mol. The molecule has 3 fully saturated rings. The van der Waals surface area contributed by atoms with E-state index >= 15 is 0 Å². The molecule has 2 aromatic carbocycles. The fraction of sp³-hybridized carbons (Fsp3) is 0.500. The van der Waals surface area contributed by atoms with Crippen LogP contribution in [0.25, 0.3) is 0 Å². The van der Waals surface area contributed by atoms with Crippen LogP contribution in [-0.4, -0.2) is 64.2 Å². The van der Waals surface area contributed by atoms with Crippen molar-refractivity contribution in [2.75, 3.05) is 18.5 Å². The number of hydrogen-bond acceptors (Lipinski definition) is 5. The standard InChI is InChI=1S/C30H37N3O5/c1-3-4-17-31-27(36)25-30-16-15-29(2,38-30)23(26(35)32-21-13-9-6-10-14-21)24(30)28(37)33(25)22(19-34)18-20-11-7-5-8-12-20/h5-14,22-25,34H,3-4,15-19H2,1-2H3,(H,31,36)(H,32,35)/t22-,23+,24+,25?,29-,30?/m1/s1. The topological polar surface area (TPSA) is 108 Å². The molecule has 5 rings (SSSR count). The minimum Gasteiger partial charge on any atom is -0.394 e. The number of aliphatic hydroxyl groups excluding tert-OH is 1. The third-order valence-corrected chi connectivity index (χ3v) is 8.53. The number of benzene rings is 2. The average Bonchev–Trinajstić information content (AvgIpc) is 3.49. The summed E-state index contributed by atoms with van der Waals surface area (Å²) in [5, 5.41) is 16.5. The number of rotatable bonds is 10. The van der Waals surface area contributed by atoms with E-state index in [2.05, 4.69) is 10.6 Å². The van der Waals surface area contributed by atoms with Gasteiger partial charge in [-0.25, -0.2) is 0 Å². The Morgan fingerprint density at radius 3 is 2.42 bits per heavy atom. The lowest BCUT2D eigenvalue weighted by Crippen LogP contribution is -2.58. The molecule has 8 heteroatoms. The summed E-state index contributed by atoms with van der Waals surface area (Å²) in [6.07, 6.45) is 3.20. The van der Waals surface area contributed by atoms with Crippen molar-refractivity contribution < 1.29 is 24.2 Å². The molecule has 0 aliphatic carbocycles. The van der Waals surface area contributed by atoms with Crippen LogP contribution in [0.1, 0.15) is 45.1 Å². The smallest absolute Gasteiger partial charge is 0.245 e. The molecule has 202 valence electrons. The van der Waals surface area contributed by atoms with E-state index < -0.39 is 35.1 Å². The highest BCUT2D eigenvalue weighted by Gasteiger charge is 2.78. The van der Waals surface area contributed by atoms with E-state index in [0.717, 1.165) is 18.4 Å². The number of aliphatic hydroxyl groups is 1. The summed E-state index contributed by atoms with van der Waals surface area (Å²) in [6.45, 7) is 4.12. The molecule has 2 bridgehead atoms. The van der Waals surface area contributed by atoms with Crippen LogP contribution in [0.5, 0.6) is 0 Å². The number of hydrogen-bond donors (Lipinski definition) is 3. The third-order valence-electron chi connectivity index (χ3n) is 8.53. The van der Waals surface area contributed by atoms with Gasteiger partial charge in [0.2, 0.25) is 17.7 Å². The van der Waals surface area contributed by atoms with Crippen LogP contribution in [0, 0.1) is 11.8 Å². The number of fused-ring (bicyclic) bond motifs is 1. The van der Waals surface area contributed by atoms with Gasteiger partial charge in [-0.2, -0.15) is 0 Å². The average molecular weight is 520 g/mol. The Bertz CT molecular complexity index is 1170. The molecular weight excluding hydrogens is 482 g/mol. The lowest BCUT2D eigenvalue weighted by Gasteiger charge is -2.37. The molecule has 2 unspecified atom stereocenters. The number of carbonyl (C=O) groups is 3. The van der Waals surface area contributed by atoms with Gasteiger partial charge in [0.15, 0.2) is 0 Å². The fourth-order valence-electron chi connectivity index (χ4n) is 6.82. The van der Waals surface area contributed by atoms with E-state index in [1.807, 2.05) is 62.4 Å². The van der Waals surface area contributed by atoms with Crippen molar-refractivity contribution in [1.29, 1.82) is 0 Å². The van der Waals surface area contributed by atoms with Crippen molar-refractivity contribution in [2.24, 2.45) is 11.8 Å². The summed E-state index contributed by atoms with van der Waals surface area (Å²) in [4.78, 5) is 43.3. The Hall–Kier alpha value is -3.23. The lowest BCUT2D eigenvalue weighted by molar-refractivity contribution is -0.148. The molecule has 3 aliphatic rings. The van der Waals surface area contributed by atoms with Gasteiger partial charge >= 0.3 is 0 Å². The van der Waals surface area contributed by atoms with Crippen LogP contribution in [0.2, 0.25) is 0 Å². The van der Waals surface area contributed by atoms with Gasteiger partial charge in [-0.05, 0) is 50.3 Å². The number of unbranched alkanes of at least 4 members (excludes halogenated alkanes) is 1. The van der Waals surface area contributed by atoms with Gasteiger partial charge in [0.05, 0.1) is 30.1 Å². The van der Waals surface area contributed by atoms with Gasteiger partial charge in [0.25, 0.3) is 0 Å². The minimum absolute atomic E-state index is 0.283. The van der Waals surface area contributed by atoms with Crippen molar-refractivity contribution in [2.45, 2.75) is 69.2 Å². The highest BCUT2D eigenvalue weighted by Crippen LogP contribution is 2.63. The number of carbonyl (C=O) groups excluding carboxylic acids is 3. The normalized spacial score (nSPS) is 30.2. The Labute approximate surface area is 223 Å². The Morgan fingerprint density at radius 1 is 1.08 bits per heavy atom. The zero-order valence-corrected chi connectivity index (χ0v) is 22.1. The van der Waals surface area contributed by atoms with Crippen molar-refractivity contribution in [3.05, 3.63) is 66.2 Å². The van der Waals surface area contributed by atoms with Gasteiger partial charge in [0, 0.05) is 12.2 Å². The van der Waals surface area contributed by atoms with Gasteiger partial charge in [-0.15, -0.1) is 0 Å². The summed E-state index contributed by atoms with van der Waals surface area (Å²) < 4.78 is 6.66. The molecule has 3 N–H and O–H groups in total. The summed E-state index contributed by atoms with van der Waals surface area (Å²) in [6, 6.07) is 17.2. The molecule has 0 saturated carbocycles.